The van der Waals surface area contributed by atoms with E-state index in [0.29, 0.717) is 13.1 Å². The first-order valence-electron chi connectivity index (χ1n) is 17.6. The number of pyridine rings is 2. The average Bonchev–Trinajstić information content (AvgIpc) is 4.08. The molecule has 0 saturated carbocycles. The number of H-pyrrole nitrogens is 2. The maximum Gasteiger partial charge on any atom is 0.181 e. The number of aryl methyl sites for hydroxylation is 2. The molecule has 4 N–H and O–H groups in total. The quantitative estimate of drug-likeness (QED) is 0.0870. The first kappa shape index (κ1) is 36.9. The number of rotatable bonds is 11. The smallest absolute Gasteiger partial charge is 0.181 e. The minimum absolute atomic E-state index is 0.517. The molecule has 268 valence electrons. The number of aromatic nitrogens is 6. The van der Waals surface area contributed by atoms with Gasteiger partial charge in [-0.1, -0.05) is 68.2 Å². The first-order chi connectivity index (χ1) is 26.6. The van der Waals surface area contributed by atoms with Gasteiger partial charge in [0.05, 0.1) is 11.7 Å². The second-order valence-corrected chi connectivity index (χ2v) is 12.4. The van der Waals surface area contributed by atoms with E-state index < -0.39 is 0 Å². The topological polar surface area (TPSA) is 148 Å². The summed E-state index contributed by atoms with van der Waals surface area (Å²) < 4.78 is 15.8. The number of nitrogens with one attached hydrogen (secondary N) is 2. The van der Waals surface area contributed by atoms with Gasteiger partial charge >= 0.3 is 0 Å². The molecule has 2 aromatic carbocycles. The van der Waals surface area contributed by atoms with Crippen LogP contribution in [-0.4, -0.2) is 39.9 Å². The zero-order valence-corrected chi connectivity index (χ0v) is 30.9. The summed E-state index contributed by atoms with van der Waals surface area (Å²) in [5.74, 6) is 0. The number of fused-ring (bicyclic) bond motifs is 2. The molecule has 0 radical (unpaired) electrons. The Morgan fingerprint density at radius 1 is 0.717 bits per heavy atom. The van der Waals surface area contributed by atoms with Gasteiger partial charge in [0.2, 0.25) is 0 Å². The van der Waals surface area contributed by atoms with Crippen molar-refractivity contribution in [2.75, 3.05) is 0 Å². The first-order valence-corrected chi connectivity index (χ1v) is 17.5. The summed E-state index contributed by atoms with van der Waals surface area (Å²) >= 11 is 10.2. The van der Waals surface area contributed by atoms with Crippen LogP contribution < -0.4 is 5.73 Å². The number of isothiocyanates is 1. The van der Waals surface area contributed by atoms with Crippen molar-refractivity contribution >= 4 is 56.5 Å². The fourth-order valence-electron chi connectivity index (χ4n) is 5.81. The highest BCUT2D eigenvalue weighted by molar-refractivity contribution is 7.80. The van der Waals surface area contributed by atoms with Crippen molar-refractivity contribution in [2.45, 2.75) is 46.2 Å². The van der Waals surface area contributed by atoms with Crippen LogP contribution in [0.3, 0.4) is 0 Å². The molecule has 0 atom stereocenters. The van der Waals surface area contributed by atoms with Gasteiger partial charge in [0.25, 0.3) is 0 Å². The monoisotopic (exact) mass is 741 g/mol. The Balaban J connectivity index is 0.000000168. The van der Waals surface area contributed by atoms with Crippen molar-refractivity contribution < 1.29 is 10.2 Å². The molecule has 0 spiro atoms. The summed E-state index contributed by atoms with van der Waals surface area (Å²) in [7, 11) is 1.25. The Kier molecular flexibility index (Phi) is 13.7. The van der Waals surface area contributed by atoms with E-state index in [1.54, 1.807) is 18.7 Å². The van der Waals surface area contributed by atoms with Gasteiger partial charge in [-0.05, 0) is 89.3 Å². The minimum atomic E-state index is 0.517. The molecule has 8 rings (SSSR count). The van der Waals surface area contributed by atoms with Crippen LogP contribution in [0, 0.1) is 0 Å². The molecule has 6 aromatic heterocycles. The Morgan fingerprint density at radius 2 is 1.25 bits per heavy atom. The standard InChI is InChI=1S/C21H19N3OS.C10H10N2O.C9H7N3S.CH4/c26-17(8-6-16-9-11-22-21-19(16)10-12-23-21)7-5-15-3-1-2-4-18(15)20-13-25-14-24-20;11-5-8-3-1-2-4-9(8)10-6-13-7-12-10;13-6-10-5-7-1-3-11-9-8(7)2-4-12-9;/h1-4,9-14H,5-8H2,(H,22,23);1-4,6-7H,5,11H2;1-4H,5H2,(H,11,12);1H4/i;;;1D. The summed E-state index contributed by atoms with van der Waals surface area (Å²) in [6.45, 7) is 1.09. The Morgan fingerprint density at radius 3 is 1.81 bits per heavy atom. The molecule has 0 aliphatic heterocycles. The van der Waals surface area contributed by atoms with Crippen LogP contribution in [0.2, 0.25) is 0 Å². The number of nitrogens with zero attached hydrogens (tertiary/aromatic N) is 5. The van der Waals surface area contributed by atoms with E-state index in [-0.39, 0.29) is 0 Å². The highest BCUT2D eigenvalue weighted by Crippen LogP contribution is 2.24. The molecule has 12 heteroatoms. The number of hydrogen-bond acceptors (Lipinski definition) is 10. The molecule has 10 nitrogen and oxygen atoms in total. The lowest BCUT2D eigenvalue weighted by Gasteiger charge is -2.09. The van der Waals surface area contributed by atoms with E-state index >= 15 is 0 Å². The van der Waals surface area contributed by atoms with Crippen molar-refractivity contribution in [3.8, 4) is 22.5 Å². The molecule has 8 aromatic rings. The Hall–Kier alpha value is -5.91. The molecular weight excluding hydrogens is 701 g/mol. The van der Waals surface area contributed by atoms with E-state index in [4.69, 9.17) is 28.2 Å². The van der Waals surface area contributed by atoms with Crippen LogP contribution in [0.5, 0.6) is 0 Å². The van der Waals surface area contributed by atoms with Gasteiger partial charge in [0.1, 0.15) is 35.2 Å². The molecule has 0 aliphatic rings. The second kappa shape index (κ2) is 19.6. The maximum absolute atomic E-state index is 5.75. The van der Waals surface area contributed by atoms with Crippen molar-refractivity contribution in [2.24, 2.45) is 10.7 Å². The maximum atomic E-state index is 5.75. The van der Waals surface area contributed by atoms with E-state index in [2.05, 4.69) is 82.6 Å². The summed E-state index contributed by atoms with van der Waals surface area (Å²) in [4.78, 5) is 28.0. The van der Waals surface area contributed by atoms with Crippen molar-refractivity contribution in [1.29, 1.82) is 0 Å². The van der Waals surface area contributed by atoms with Crippen LogP contribution in [0.1, 0.15) is 43.9 Å². The summed E-state index contributed by atoms with van der Waals surface area (Å²) in [5, 5.41) is 4.63. The zero-order chi connectivity index (χ0) is 38.0. The third-order valence-electron chi connectivity index (χ3n) is 8.43. The molecular formula is C41H40N8O2S2. The second-order valence-electron chi connectivity index (χ2n) is 11.6. The number of nitrogens with two attached hydrogens (primary N) is 1. The van der Waals surface area contributed by atoms with E-state index in [0.717, 1.165) is 80.9 Å². The number of oxazole rings is 2. The largest absolute Gasteiger partial charge is 0.451 e. The molecule has 6 heterocycles. The molecule has 0 aliphatic carbocycles. The Labute approximate surface area is 320 Å². The van der Waals surface area contributed by atoms with Crippen molar-refractivity contribution in [3.63, 3.8) is 0 Å². The van der Waals surface area contributed by atoms with E-state index in [1.807, 2.05) is 61.1 Å². The predicted molar refractivity (Wildman–Crippen MR) is 219 cm³/mol. The number of thiocarbonyl (C=S) groups is 2. The molecule has 0 saturated heterocycles. The summed E-state index contributed by atoms with van der Waals surface area (Å²) in [6, 6.07) is 24.3. The van der Waals surface area contributed by atoms with Gasteiger partial charge in [0, 0.05) is 54.6 Å². The third kappa shape index (κ3) is 10.1. The van der Waals surface area contributed by atoms with E-state index in [1.165, 1.54) is 36.7 Å². The third-order valence-corrected chi connectivity index (χ3v) is 8.97. The fourth-order valence-corrected chi connectivity index (χ4v) is 6.08. The minimum Gasteiger partial charge on any atom is -0.451 e. The van der Waals surface area contributed by atoms with Gasteiger partial charge in [-0.25, -0.2) is 24.9 Å². The van der Waals surface area contributed by atoms with Gasteiger partial charge in [-0.2, -0.15) is 0 Å². The summed E-state index contributed by atoms with van der Waals surface area (Å²) in [5.41, 5.74) is 16.0. The van der Waals surface area contributed by atoms with Crippen molar-refractivity contribution in [1.82, 2.24) is 29.9 Å². The van der Waals surface area contributed by atoms with Gasteiger partial charge in [-0.15, -0.1) is 0 Å². The van der Waals surface area contributed by atoms with Crippen molar-refractivity contribution in [3.05, 3.63) is 145 Å². The highest BCUT2D eigenvalue weighted by Gasteiger charge is 2.10. The molecule has 0 fully saturated rings. The van der Waals surface area contributed by atoms with Crippen LogP contribution in [-0.2, 0) is 25.9 Å². The van der Waals surface area contributed by atoms with E-state index in [9.17, 15) is 0 Å². The highest BCUT2D eigenvalue weighted by atomic mass is 32.1. The molecule has 0 amide bonds. The number of aromatic amines is 2. The van der Waals surface area contributed by atoms with Crippen LogP contribution in [0.25, 0.3) is 44.6 Å². The summed E-state index contributed by atoms with van der Waals surface area (Å²) in [6.07, 6.45) is 17.3. The zero-order valence-electron chi connectivity index (χ0n) is 30.2. The van der Waals surface area contributed by atoms with Crippen LogP contribution in [0.15, 0.2) is 137 Å². The fraction of sp³-hybridized carbons (Fsp3) is 0.171. The number of hydrogen-bond donors (Lipinski definition) is 3. The predicted octanol–water partition coefficient (Wildman–Crippen LogP) is 9.76. The van der Waals surface area contributed by atoms with Gasteiger partial charge in [0.15, 0.2) is 12.8 Å². The van der Waals surface area contributed by atoms with Crippen LogP contribution >= 0.6 is 24.4 Å². The SMILES string of the molecule is NCc1ccccc1-c1cocn1.S=C(CCc1ccccc1-c1cocn1)CCc1ccnc2[nH]ccc12.S=C=NCc1ccnc2[nH]ccc12.[2H]C. The van der Waals surface area contributed by atoms with Crippen LogP contribution in [0.4, 0.5) is 0 Å². The molecule has 0 unspecified atom stereocenters. The molecule has 53 heavy (non-hydrogen) atoms. The lowest BCUT2D eigenvalue weighted by molar-refractivity contribution is 0.558. The normalized spacial score (nSPS) is 10.5. The van der Waals surface area contributed by atoms with Gasteiger partial charge in [-0.3, -0.25) is 0 Å². The number of aliphatic imine (C=N–C) groups is 1. The Bertz CT molecular complexity index is 2380. The lowest BCUT2D eigenvalue weighted by atomic mass is 9.98. The average molecular weight is 742 g/mol. The molecule has 0 bridgehead atoms. The van der Waals surface area contributed by atoms with Gasteiger partial charge < -0.3 is 24.5 Å². The lowest BCUT2D eigenvalue weighted by Crippen LogP contribution is -2.01. The number of benzene rings is 2.